The first-order valence-corrected chi connectivity index (χ1v) is 9.26. The van der Waals surface area contributed by atoms with Gasteiger partial charge in [0.1, 0.15) is 5.69 Å². The van der Waals surface area contributed by atoms with Crippen LogP contribution in [0.3, 0.4) is 0 Å². The smallest absolute Gasteiger partial charge is 0.271 e. The number of carbonyl (C=O) groups is 2. The van der Waals surface area contributed by atoms with E-state index in [4.69, 9.17) is 4.74 Å². The van der Waals surface area contributed by atoms with E-state index in [1.807, 2.05) is 38.1 Å². The fourth-order valence-electron chi connectivity index (χ4n) is 3.76. The lowest BCUT2D eigenvalue weighted by Crippen LogP contribution is -2.32. The summed E-state index contributed by atoms with van der Waals surface area (Å²) in [5.41, 5.74) is 2.82. The van der Waals surface area contributed by atoms with Gasteiger partial charge in [0.05, 0.1) is 19.3 Å². The molecule has 4 atom stereocenters. The van der Waals surface area contributed by atoms with Gasteiger partial charge in [-0.2, -0.15) is 5.10 Å². The third-order valence-electron chi connectivity index (χ3n) is 5.60. The predicted octanol–water partition coefficient (Wildman–Crippen LogP) is 1.54. The number of rotatable bonds is 5. The number of nitrogens with one attached hydrogen (secondary N) is 2. The summed E-state index contributed by atoms with van der Waals surface area (Å²) < 4.78 is 7.02. The molecule has 27 heavy (non-hydrogen) atoms. The van der Waals surface area contributed by atoms with E-state index in [1.165, 1.54) is 0 Å². The van der Waals surface area contributed by atoms with Crippen molar-refractivity contribution < 1.29 is 14.3 Å². The molecule has 0 bridgehead atoms. The second kappa shape index (κ2) is 6.81. The summed E-state index contributed by atoms with van der Waals surface area (Å²) in [5, 5.41) is 10.1. The van der Waals surface area contributed by atoms with Crippen LogP contribution in [0.15, 0.2) is 30.3 Å². The first-order chi connectivity index (χ1) is 13.0. The zero-order valence-corrected chi connectivity index (χ0v) is 15.7. The van der Waals surface area contributed by atoms with Crippen LogP contribution in [0.5, 0.6) is 0 Å². The maximum Gasteiger partial charge on any atom is 0.271 e. The molecule has 2 amide bonds. The highest BCUT2D eigenvalue weighted by Gasteiger charge is 2.55. The van der Waals surface area contributed by atoms with Crippen LogP contribution in [0.25, 0.3) is 0 Å². The Bertz CT molecular complexity index is 864. The summed E-state index contributed by atoms with van der Waals surface area (Å²) in [6.45, 7) is 5.42. The molecular formula is C20H24N4O3. The number of hydrogen-bond donors (Lipinski definition) is 2. The average molecular weight is 368 g/mol. The summed E-state index contributed by atoms with van der Waals surface area (Å²) in [5.74, 6) is 0.322. The van der Waals surface area contributed by atoms with E-state index in [9.17, 15) is 9.59 Å². The number of aryl methyl sites for hydroxylation is 1. The second-order valence-corrected chi connectivity index (χ2v) is 7.39. The lowest BCUT2D eigenvalue weighted by atomic mass is 10.1. The SMILES string of the molecule is CNC(=O)c1cc(C(=O)NC2[C@H]3COC[C@@H]23)n([C@@H](C)c2ccc(C)cc2)n1. The molecule has 1 unspecified atom stereocenters. The standard InChI is InChI=1S/C20H24N4O3/c1-11-4-6-13(7-5-11)12(2)24-17(8-16(23-24)19(25)21-3)20(26)22-18-14-9-27-10-15(14)18/h4-8,12,14-15,18H,9-10H2,1-3H3,(H,21,25)(H,22,26)/t12-,14-,15+,18?/m0/s1. The Morgan fingerprint density at radius 3 is 2.48 bits per heavy atom. The third kappa shape index (κ3) is 3.23. The van der Waals surface area contributed by atoms with Crippen LogP contribution < -0.4 is 10.6 Å². The minimum Gasteiger partial charge on any atom is -0.381 e. The van der Waals surface area contributed by atoms with Crippen LogP contribution >= 0.6 is 0 Å². The first kappa shape index (κ1) is 17.7. The largest absolute Gasteiger partial charge is 0.381 e. The van der Waals surface area contributed by atoms with Crippen molar-refractivity contribution in [2.45, 2.75) is 25.9 Å². The average Bonchev–Trinajstić information content (AvgIpc) is 3.08. The van der Waals surface area contributed by atoms with Gasteiger partial charge in [0.25, 0.3) is 11.8 Å². The normalized spacial score (nSPS) is 24.2. The molecule has 2 aliphatic rings. The zero-order chi connectivity index (χ0) is 19.1. The Balaban J connectivity index is 1.62. The first-order valence-electron chi connectivity index (χ1n) is 9.26. The van der Waals surface area contributed by atoms with Gasteiger partial charge >= 0.3 is 0 Å². The van der Waals surface area contributed by atoms with Crippen molar-refractivity contribution in [3.8, 4) is 0 Å². The summed E-state index contributed by atoms with van der Waals surface area (Å²) in [6, 6.07) is 9.64. The molecule has 2 N–H and O–H groups in total. The molecule has 1 aliphatic heterocycles. The number of benzene rings is 1. The Labute approximate surface area is 158 Å². The molecule has 1 aliphatic carbocycles. The molecular weight excluding hydrogens is 344 g/mol. The van der Waals surface area contributed by atoms with Crippen molar-refractivity contribution in [1.82, 2.24) is 20.4 Å². The molecule has 0 radical (unpaired) electrons. The fourth-order valence-corrected chi connectivity index (χ4v) is 3.76. The number of amides is 2. The molecule has 2 aromatic rings. The van der Waals surface area contributed by atoms with Crippen LogP contribution in [0.2, 0.25) is 0 Å². The van der Waals surface area contributed by atoms with Gasteiger partial charge < -0.3 is 15.4 Å². The Morgan fingerprint density at radius 1 is 1.19 bits per heavy atom. The van der Waals surface area contributed by atoms with Gasteiger partial charge in [0.2, 0.25) is 0 Å². The maximum atomic E-state index is 12.9. The van der Waals surface area contributed by atoms with Crippen molar-refractivity contribution in [3.05, 3.63) is 52.8 Å². The van der Waals surface area contributed by atoms with Crippen molar-refractivity contribution in [1.29, 1.82) is 0 Å². The summed E-state index contributed by atoms with van der Waals surface area (Å²) in [4.78, 5) is 25.0. The minimum absolute atomic E-state index is 0.160. The number of carbonyl (C=O) groups excluding carboxylic acids is 2. The molecule has 2 heterocycles. The van der Waals surface area contributed by atoms with Crippen molar-refractivity contribution in [3.63, 3.8) is 0 Å². The van der Waals surface area contributed by atoms with Gasteiger partial charge in [-0.05, 0) is 19.4 Å². The second-order valence-electron chi connectivity index (χ2n) is 7.39. The van der Waals surface area contributed by atoms with E-state index in [1.54, 1.807) is 17.8 Å². The fraction of sp³-hybridized carbons (Fsp3) is 0.450. The van der Waals surface area contributed by atoms with E-state index in [2.05, 4.69) is 15.7 Å². The highest BCUT2D eigenvalue weighted by atomic mass is 16.5. The Morgan fingerprint density at radius 2 is 1.85 bits per heavy atom. The topological polar surface area (TPSA) is 85.3 Å². The number of hydrogen-bond acceptors (Lipinski definition) is 4. The van der Waals surface area contributed by atoms with E-state index in [0.717, 1.165) is 11.1 Å². The summed E-state index contributed by atoms with van der Waals surface area (Å²) in [6.07, 6.45) is 0. The van der Waals surface area contributed by atoms with Crippen molar-refractivity contribution in [2.75, 3.05) is 20.3 Å². The molecule has 0 spiro atoms. The Kier molecular flexibility index (Phi) is 4.47. The molecule has 1 saturated heterocycles. The number of ether oxygens (including phenoxy) is 1. The van der Waals surface area contributed by atoms with Crippen LogP contribution in [0.4, 0.5) is 0 Å². The zero-order valence-electron chi connectivity index (χ0n) is 15.7. The monoisotopic (exact) mass is 368 g/mol. The molecule has 1 saturated carbocycles. The number of aromatic nitrogens is 2. The van der Waals surface area contributed by atoms with Gasteiger partial charge in [0.15, 0.2) is 5.69 Å². The summed E-state index contributed by atoms with van der Waals surface area (Å²) >= 11 is 0. The summed E-state index contributed by atoms with van der Waals surface area (Å²) in [7, 11) is 1.55. The van der Waals surface area contributed by atoms with E-state index in [0.29, 0.717) is 30.7 Å². The maximum absolute atomic E-state index is 12.9. The molecule has 7 heteroatoms. The van der Waals surface area contributed by atoms with Gasteiger partial charge in [-0.1, -0.05) is 29.8 Å². The molecule has 1 aromatic heterocycles. The number of fused-ring (bicyclic) bond motifs is 1. The molecule has 7 nitrogen and oxygen atoms in total. The Hall–Kier alpha value is -2.67. The van der Waals surface area contributed by atoms with Gasteiger partial charge in [-0.25, -0.2) is 0 Å². The van der Waals surface area contributed by atoms with Crippen LogP contribution in [0, 0.1) is 18.8 Å². The number of nitrogens with zero attached hydrogens (tertiary/aromatic N) is 2. The lowest BCUT2D eigenvalue weighted by molar-refractivity contribution is 0.0915. The lowest BCUT2D eigenvalue weighted by Gasteiger charge is -2.16. The van der Waals surface area contributed by atoms with E-state index in [-0.39, 0.29) is 29.6 Å². The van der Waals surface area contributed by atoms with Gasteiger partial charge in [-0.3, -0.25) is 14.3 Å². The molecule has 1 aromatic carbocycles. The van der Waals surface area contributed by atoms with Crippen molar-refractivity contribution in [2.24, 2.45) is 11.8 Å². The molecule has 4 rings (SSSR count). The molecule has 2 fully saturated rings. The highest BCUT2D eigenvalue weighted by Crippen LogP contribution is 2.44. The van der Waals surface area contributed by atoms with Gasteiger partial charge in [-0.15, -0.1) is 0 Å². The van der Waals surface area contributed by atoms with Crippen LogP contribution in [-0.4, -0.2) is 47.9 Å². The van der Waals surface area contributed by atoms with E-state index >= 15 is 0 Å². The molecule has 142 valence electrons. The van der Waals surface area contributed by atoms with Crippen molar-refractivity contribution >= 4 is 11.8 Å². The van der Waals surface area contributed by atoms with Gasteiger partial charge in [0, 0.05) is 31.0 Å². The highest BCUT2D eigenvalue weighted by molar-refractivity contribution is 5.98. The third-order valence-corrected chi connectivity index (χ3v) is 5.60. The minimum atomic E-state index is -0.310. The van der Waals surface area contributed by atoms with Crippen LogP contribution in [0.1, 0.15) is 45.1 Å². The van der Waals surface area contributed by atoms with Crippen LogP contribution in [-0.2, 0) is 4.74 Å². The predicted molar refractivity (Wildman–Crippen MR) is 99.7 cm³/mol. The quantitative estimate of drug-likeness (QED) is 0.838. The van der Waals surface area contributed by atoms with E-state index < -0.39 is 0 Å².